The van der Waals surface area contributed by atoms with Gasteiger partial charge in [-0.15, -0.1) is 0 Å². The van der Waals surface area contributed by atoms with Crippen LogP contribution >= 0.6 is 0 Å². The van der Waals surface area contributed by atoms with Gasteiger partial charge in [0.05, 0.1) is 54.7 Å². The van der Waals surface area contributed by atoms with Gasteiger partial charge in [0.2, 0.25) is 11.5 Å². The summed E-state index contributed by atoms with van der Waals surface area (Å²) in [6.07, 6.45) is 3.34. The van der Waals surface area contributed by atoms with Gasteiger partial charge in [-0.05, 0) is 47.0 Å². The van der Waals surface area contributed by atoms with Crippen molar-refractivity contribution in [1.29, 1.82) is 0 Å². The van der Waals surface area contributed by atoms with Crippen LogP contribution in [0.5, 0.6) is 57.5 Å². The monoisotopic (exact) mass is 833 g/mol. The maximum atomic E-state index is 13.2. The van der Waals surface area contributed by atoms with Crippen LogP contribution in [0.1, 0.15) is 37.4 Å². The van der Waals surface area contributed by atoms with Crippen LogP contribution in [0.4, 0.5) is 5.69 Å². The van der Waals surface area contributed by atoms with Crippen LogP contribution in [0.2, 0.25) is 0 Å². The topological polar surface area (TPSA) is 170 Å². The summed E-state index contributed by atoms with van der Waals surface area (Å²) in [5.74, 6) is 3.02. The Bertz CT molecular complexity index is 2490. The summed E-state index contributed by atoms with van der Waals surface area (Å²) in [6.45, 7) is 0.635. The van der Waals surface area contributed by atoms with Gasteiger partial charge in [-0.2, -0.15) is 0 Å². The highest BCUT2D eigenvalue weighted by Gasteiger charge is 2.33. The summed E-state index contributed by atoms with van der Waals surface area (Å²) in [4.78, 5) is 37.1. The average molecular weight is 834 g/mol. The lowest BCUT2D eigenvalue weighted by Gasteiger charge is -2.23. The quantitative estimate of drug-likeness (QED) is 0.0631. The molecular formula is C46H43NO14. The van der Waals surface area contributed by atoms with Crippen LogP contribution in [-0.2, 0) is 6.61 Å². The van der Waals surface area contributed by atoms with Crippen molar-refractivity contribution >= 4 is 29.4 Å². The van der Waals surface area contributed by atoms with E-state index < -0.39 is 4.92 Å². The Hall–Kier alpha value is -7.68. The molecule has 5 aromatic rings. The molecule has 2 aliphatic rings. The van der Waals surface area contributed by atoms with Crippen molar-refractivity contribution in [3.8, 4) is 57.5 Å². The lowest BCUT2D eigenvalue weighted by molar-refractivity contribution is -0.385. The zero-order chi connectivity index (χ0) is 43.6. The molecule has 2 aliphatic heterocycles. The number of fused-ring (bicyclic) bond motifs is 2. The molecule has 0 saturated heterocycles. The summed E-state index contributed by atoms with van der Waals surface area (Å²) in [6, 6.07) is 25.2. The van der Waals surface area contributed by atoms with Crippen LogP contribution < -0.4 is 47.4 Å². The first kappa shape index (κ1) is 42.9. The molecule has 0 radical (unpaired) electrons. The number of hydrogen-bond acceptors (Lipinski definition) is 14. The second kappa shape index (κ2) is 19.4. The van der Waals surface area contributed by atoms with Crippen molar-refractivity contribution in [1.82, 2.24) is 0 Å². The molecule has 0 fully saturated rings. The van der Waals surface area contributed by atoms with E-state index in [4.69, 9.17) is 47.4 Å². The molecule has 0 aromatic heterocycles. The van der Waals surface area contributed by atoms with E-state index in [9.17, 15) is 19.7 Å². The van der Waals surface area contributed by atoms with Crippen molar-refractivity contribution in [2.24, 2.45) is 0 Å². The minimum absolute atomic E-state index is 0.00963. The number of hydrogen-bond donors (Lipinski definition) is 0. The Balaban J connectivity index is 0.000000205. The van der Waals surface area contributed by atoms with E-state index in [0.717, 1.165) is 16.9 Å². The second-order valence-corrected chi connectivity index (χ2v) is 13.1. The van der Waals surface area contributed by atoms with Crippen LogP contribution in [0.3, 0.4) is 0 Å². The maximum Gasteiger partial charge on any atom is 0.311 e. The van der Waals surface area contributed by atoms with E-state index in [2.05, 4.69) is 0 Å². The number of nitrogens with zero attached hydrogens (tertiary/aromatic N) is 1. The van der Waals surface area contributed by atoms with Crippen molar-refractivity contribution in [2.45, 2.75) is 6.61 Å². The molecule has 61 heavy (non-hydrogen) atoms. The van der Waals surface area contributed by atoms with Crippen LogP contribution in [0.25, 0.3) is 12.2 Å². The summed E-state index contributed by atoms with van der Waals surface area (Å²) >= 11 is 0. The molecule has 0 bridgehead atoms. The molecule has 15 heteroatoms. The van der Waals surface area contributed by atoms with Crippen LogP contribution in [0, 0.1) is 10.1 Å². The molecule has 0 amide bonds. The fourth-order valence-corrected chi connectivity index (χ4v) is 6.65. The van der Waals surface area contributed by atoms with Gasteiger partial charge in [0.1, 0.15) is 48.2 Å². The number of rotatable bonds is 13. The first-order valence-corrected chi connectivity index (χ1v) is 18.6. The Morgan fingerprint density at radius 3 is 1.51 bits per heavy atom. The summed E-state index contributed by atoms with van der Waals surface area (Å²) in [5, 5.41) is 11.2. The number of methoxy groups -OCH3 is 7. The second-order valence-electron chi connectivity index (χ2n) is 13.1. The van der Waals surface area contributed by atoms with Gasteiger partial charge < -0.3 is 47.4 Å². The molecule has 2 heterocycles. The number of carbonyl (C=O) groups is 2. The molecule has 7 rings (SSSR count). The van der Waals surface area contributed by atoms with Crippen molar-refractivity contribution in [3.05, 3.63) is 134 Å². The minimum atomic E-state index is -0.546. The molecular weight excluding hydrogens is 790 g/mol. The summed E-state index contributed by atoms with van der Waals surface area (Å²) in [7, 11) is 10.2. The molecule has 5 aromatic carbocycles. The van der Waals surface area contributed by atoms with E-state index in [1.165, 1.54) is 68.0 Å². The van der Waals surface area contributed by atoms with E-state index in [1.54, 1.807) is 18.2 Å². The maximum absolute atomic E-state index is 13.2. The van der Waals surface area contributed by atoms with E-state index in [1.807, 2.05) is 60.7 Å². The SMILES string of the molecule is COc1cc2c(c(OC)c1OC)C(=O)/C(=C/c1ccc(OCc3ccccc3)cc1)CO2.COc1ccc(/C=C2\COc3cc(OC)c(OC)c(OC)c3C2=O)cc1[N+](=O)[O-]. The molecule has 0 spiro atoms. The highest BCUT2D eigenvalue weighted by atomic mass is 16.6. The molecule has 0 N–H and O–H groups in total. The molecule has 316 valence electrons. The van der Waals surface area contributed by atoms with Crippen molar-refractivity contribution < 1.29 is 61.9 Å². The smallest absolute Gasteiger partial charge is 0.311 e. The third-order valence-electron chi connectivity index (χ3n) is 9.60. The lowest BCUT2D eigenvalue weighted by Crippen LogP contribution is -2.20. The Morgan fingerprint density at radius 1 is 0.574 bits per heavy atom. The van der Waals surface area contributed by atoms with Gasteiger partial charge in [0.25, 0.3) is 0 Å². The van der Waals surface area contributed by atoms with Gasteiger partial charge in [-0.1, -0.05) is 48.5 Å². The van der Waals surface area contributed by atoms with Gasteiger partial charge >= 0.3 is 5.69 Å². The molecule has 0 atom stereocenters. The molecule has 15 nitrogen and oxygen atoms in total. The largest absolute Gasteiger partial charge is 0.493 e. The fraction of sp³-hybridized carbons (Fsp3) is 0.217. The number of Topliss-reactive ketones (excluding diaryl/α,β-unsaturated/α-hetero) is 2. The average Bonchev–Trinajstić information content (AvgIpc) is 3.29. The van der Waals surface area contributed by atoms with Crippen LogP contribution in [-0.4, -0.2) is 79.5 Å². The van der Waals surface area contributed by atoms with Gasteiger partial charge in [0, 0.05) is 29.3 Å². The third kappa shape index (κ3) is 9.15. The molecule has 0 aliphatic carbocycles. The molecule has 0 unspecified atom stereocenters. The summed E-state index contributed by atoms with van der Waals surface area (Å²) in [5.41, 5.74) is 3.58. The highest BCUT2D eigenvalue weighted by molar-refractivity contribution is 6.17. The zero-order valence-corrected chi connectivity index (χ0v) is 34.5. The number of carbonyl (C=O) groups excluding carboxylic acids is 2. The Morgan fingerprint density at radius 2 is 1.05 bits per heavy atom. The Labute approximate surface area is 351 Å². The number of nitro groups is 1. The van der Waals surface area contributed by atoms with Gasteiger partial charge in [0.15, 0.2) is 40.3 Å². The first-order chi connectivity index (χ1) is 29.6. The predicted molar refractivity (Wildman–Crippen MR) is 225 cm³/mol. The van der Waals surface area contributed by atoms with E-state index in [0.29, 0.717) is 63.4 Å². The van der Waals surface area contributed by atoms with E-state index >= 15 is 0 Å². The Kier molecular flexibility index (Phi) is 13.6. The molecule has 0 saturated carbocycles. The van der Waals surface area contributed by atoms with Gasteiger partial charge in [-0.25, -0.2) is 0 Å². The van der Waals surface area contributed by atoms with Crippen molar-refractivity contribution in [2.75, 3.05) is 63.0 Å². The van der Waals surface area contributed by atoms with E-state index in [-0.39, 0.29) is 53.3 Å². The third-order valence-corrected chi connectivity index (χ3v) is 9.60. The predicted octanol–water partition coefficient (Wildman–Crippen LogP) is 8.24. The van der Waals surface area contributed by atoms with Gasteiger partial charge in [-0.3, -0.25) is 19.7 Å². The standard InChI is InChI=1S/C26H24O6.C20H19NO8/c1-28-22-14-21-23(26(30-3)25(22)29-2)24(27)19(16-32-21)13-17-9-11-20(12-10-17)31-15-18-7-5-4-6-8-18;1-25-14-6-5-11(8-13(14)21(23)24)7-12-10-29-15-9-16(26-2)19(27-3)20(28-4)17(15)18(12)22/h4-14H,15-16H2,1-3H3;5-9H,10H2,1-4H3/b19-13+;12-7+. The normalized spacial score (nSPS) is 14.0. The number of ether oxygens (including phenoxy) is 10. The van der Waals surface area contributed by atoms with Crippen LogP contribution in [0.15, 0.2) is 96.1 Å². The lowest BCUT2D eigenvalue weighted by atomic mass is 9.96. The summed E-state index contributed by atoms with van der Waals surface area (Å²) < 4.78 is 54.6. The highest BCUT2D eigenvalue weighted by Crippen LogP contribution is 2.49. The number of ketones is 2. The number of nitro benzene ring substituents is 1. The fourth-order valence-electron chi connectivity index (χ4n) is 6.65. The number of benzene rings is 5. The van der Waals surface area contributed by atoms with Crippen molar-refractivity contribution in [3.63, 3.8) is 0 Å². The minimum Gasteiger partial charge on any atom is -0.493 e. The first-order valence-electron chi connectivity index (χ1n) is 18.6. The zero-order valence-electron chi connectivity index (χ0n) is 34.5.